The van der Waals surface area contributed by atoms with Crippen LogP contribution in [0.15, 0.2) is 48.6 Å². The Bertz CT molecular complexity index is 1150. The summed E-state index contributed by atoms with van der Waals surface area (Å²) in [5, 5.41) is 0. The van der Waals surface area contributed by atoms with Crippen LogP contribution in [0.1, 0.15) is 297 Å². The Morgan fingerprint density at radius 2 is 0.576 bits per heavy atom. The topological polar surface area (TPSA) is 78.9 Å². The van der Waals surface area contributed by atoms with Crippen molar-refractivity contribution in [1.82, 2.24) is 0 Å². The lowest BCUT2D eigenvalue weighted by Gasteiger charge is -2.18. The van der Waals surface area contributed by atoms with Gasteiger partial charge in [-0.2, -0.15) is 0 Å². The average molecular weight is 926 g/mol. The van der Waals surface area contributed by atoms with Crippen molar-refractivity contribution in [2.45, 2.75) is 303 Å². The van der Waals surface area contributed by atoms with E-state index in [1.807, 2.05) is 0 Å². The second-order valence-corrected chi connectivity index (χ2v) is 19.2. The number of carbonyl (C=O) groups excluding carboxylic acids is 3. The maximum atomic E-state index is 12.8. The highest BCUT2D eigenvalue weighted by atomic mass is 16.6. The maximum Gasteiger partial charge on any atom is 0.306 e. The predicted octanol–water partition coefficient (Wildman–Crippen LogP) is 19.0. The molecule has 0 radical (unpaired) electrons. The molecule has 0 N–H and O–H groups in total. The van der Waals surface area contributed by atoms with Crippen molar-refractivity contribution < 1.29 is 28.6 Å². The number of hydrogen-bond donors (Lipinski definition) is 0. The van der Waals surface area contributed by atoms with Crippen LogP contribution in [0.2, 0.25) is 0 Å². The fraction of sp³-hybridized carbons (Fsp3) is 0.817. The summed E-state index contributed by atoms with van der Waals surface area (Å²) in [4.78, 5) is 37.9. The van der Waals surface area contributed by atoms with Crippen LogP contribution < -0.4 is 0 Å². The zero-order chi connectivity index (χ0) is 47.9. The molecule has 0 aromatic carbocycles. The summed E-state index contributed by atoms with van der Waals surface area (Å²) in [7, 11) is 0. The molecular weight excluding hydrogens is 817 g/mol. The van der Waals surface area contributed by atoms with E-state index in [9.17, 15) is 14.4 Å². The molecule has 6 nitrogen and oxygen atoms in total. The highest BCUT2D eigenvalue weighted by Crippen LogP contribution is 2.16. The van der Waals surface area contributed by atoms with Crippen LogP contribution in [0, 0.1) is 0 Å². The summed E-state index contributed by atoms with van der Waals surface area (Å²) in [5.41, 5.74) is 0. The minimum atomic E-state index is -0.772. The van der Waals surface area contributed by atoms with Gasteiger partial charge in [-0.15, -0.1) is 0 Å². The zero-order valence-electron chi connectivity index (χ0n) is 44.0. The van der Waals surface area contributed by atoms with Crippen LogP contribution in [-0.4, -0.2) is 37.2 Å². The van der Waals surface area contributed by atoms with Crippen molar-refractivity contribution in [3.8, 4) is 0 Å². The fourth-order valence-electron chi connectivity index (χ4n) is 8.22. The van der Waals surface area contributed by atoms with Gasteiger partial charge >= 0.3 is 17.9 Å². The second-order valence-electron chi connectivity index (χ2n) is 19.2. The van der Waals surface area contributed by atoms with E-state index in [2.05, 4.69) is 69.4 Å². The second kappa shape index (κ2) is 55.0. The van der Waals surface area contributed by atoms with Gasteiger partial charge in [0.15, 0.2) is 6.10 Å². The minimum absolute atomic E-state index is 0.0739. The van der Waals surface area contributed by atoms with E-state index in [1.54, 1.807) is 0 Å². The first-order valence-corrected chi connectivity index (χ1v) is 28.6. The Balaban J connectivity index is 4.13. The maximum absolute atomic E-state index is 12.8. The Hall–Kier alpha value is -2.63. The SMILES string of the molecule is CCC/C=C\CCCCCCCC(=O)OCC(COC(=O)CCCCCCCCCCCCCC/C=C\C/C=C\C/C=C\CCCCCCC)OC(=O)CCCCCCCCCCCCC. The van der Waals surface area contributed by atoms with Gasteiger partial charge in [-0.25, -0.2) is 0 Å². The Morgan fingerprint density at radius 1 is 0.303 bits per heavy atom. The molecule has 0 aliphatic carbocycles. The van der Waals surface area contributed by atoms with Crippen molar-refractivity contribution in [2.24, 2.45) is 0 Å². The van der Waals surface area contributed by atoms with Gasteiger partial charge in [-0.05, 0) is 77.0 Å². The molecule has 0 saturated heterocycles. The summed E-state index contributed by atoms with van der Waals surface area (Å²) in [6.45, 7) is 6.57. The summed E-state index contributed by atoms with van der Waals surface area (Å²) in [6, 6.07) is 0. The fourth-order valence-corrected chi connectivity index (χ4v) is 8.22. The molecule has 384 valence electrons. The van der Waals surface area contributed by atoms with Crippen molar-refractivity contribution in [2.75, 3.05) is 13.2 Å². The smallest absolute Gasteiger partial charge is 0.306 e. The monoisotopic (exact) mass is 925 g/mol. The van der Waals surface area contributed by atoms with E-state index < -0.39 is 6.10 Å². The number of carbonyl (C=O) groups is 3. The van der Waals surface area contributed by atoms with Crippen molar-refractivity contribution >= 4 is 17.9 Å². The molecule has 0 rings (SSSR count). The molecule has 0 heterocycles. The van der Waals surface area contributed by atoms with Gasteiger partial charge in [0.05, 0.1) is 0 Å². The van der Waals surface area contributed by atoms with Gasteiger partial charge in [0.25, 0.3) is 0 Å². The number of rotatable bonds is 52. The first kappa shape index (κ1) is 63.4. The molecule has 0 aromatic rings. The van der Waals surface area contributed by atoms with Crippen LogP contribution in [-0.2, 0) is 28.6 Å². The summed E-state index contributed by atoms with van der Waals surface area (Å²) < 4.78 is 16.8. The molecule has 66 heavy (non-hydrogen) atoms. The lowest BCUT2D eigenvalue weighted by atomic mass is 10.0. The zero-order valence-corrected chi connectivity index (χ0v) is 44.0. The molecule has 0 aromatic heterocycles. The molecule has 0 aliphatic rings. The number of hydrogen-bond acceptors (Lipinski definition) is 6. The van der Waals surface area contributed by atoms with E-state index in [4.69, 9.17) is 14.2 Å². The summed E-state index contributed by atoms with van der Waals surface area (Å²) in [5.74, 6) is -0.877. The van der Waals surface area contributed by atoms with Crippen molar-refractivity contribution in [3.63, 3.8) is 0 Å². The van der Waals surface area contributed by atoms with E-state index in [0.29, 0.717) is 19.3 Å². The van der Waals surface area contributed by atoms with Crippen molar-refractivity contribution in [3.05, 3.63) is 48.6 Å². The lowest BCUT2D eigenvalue weighted by Crippen LogP contribution is -2.30. The first-order chi connectivity index (χ1) is 32.5. The molecule has 0 spiro atoms. The Morgan fingerprint density at radius 3 is 0.924 bits per heavy atom. The molecule has 6 heteroatoms. The number of allylic oxidation sites excluding steroid dienone is 8. The van der Waals surface area contributed by atoms with Gasteiger partial charge in [0.1, 0.15) is 13.2 Å². The van der Waals surface area contributed by atoms with E-state index >= 15 is 0 Å². The summed E-state index contributed by atoms with van der Waals surface area (Å²) >= 11 is 0. The predicted molar refractivity (Wildman–Crippen MR) is 284 cm³/mol. The standard InChI is InChI=1S/C60H108O6/c1-4-7-10-13-16-19-22-23-24-25-26-27-28-29-30-31-32-33-34-35-36-37-39-41-44-47-50-53-59(62)65-56-57(55-64-58(61)52-49-46-43-40-21-18-15-12-9-6-3)66-60(63)54-51-48-45-42-38-20-17-14-11-8-5-2/h12,15,22-23,25-26,28-29,57H,4-11,13-14,16-21,24,27,30-56H2,1-3H3/b15-12-,23-22-,26-25-,29-28-. The van der Waals surface area contributed by atoms with E-state index in [0.717, 1.165) is 83.5 Å². The van der Waals surface area contributed by atoms with Crippen LogP contribution in [0.25, 0.3) is 0 Å². The van der Waals surface area contributed by atoms with E-state index in [-0.39, 0.29) is 31.1 Å². The summed E-state index contributed by atoms with van der Waals surface area (Å²) in [6.07, 6.45) is 66.9. The largest absolute Gasteiger partial charge is 0.462 e. The third-order valence-electron chi connectivity index (χ3n) is 12.5. The molecule has 0 amide bonds. The minimum Gasteiger partial charge on any atom is -0.462 e. The highest BCUT2D eigenvalue weighted by molar-refractivity contribution is 5.71. The highest BCUT2D eigenvalue weighted by Gasteiger charge is 2.19. The van der Waals surface area contributed by atoms with Crippen LogP contribution in [0.4, 0.5) is 0 Å². The third-order valence-corrected chi connectivity index (χ3v) is 12.5. The van der Waals surface area contributed by atoms with Crippen LogP contribution in [0.5, 0.6) is 0 Å². The van der Waals surface area contributed by atoms with Crippen molar-refractivity contribution in [1.29, 1.82) is 0 Å². The molecule has 0 aliphatic heterocycles. The molecule has 1 unspecified atom stereocenters. The number of unbranched alkanes of at least 4 members (excludes halogenated alkanes) is 33. The Labute approximate surface area is 409 Å². The van der Waals surface area contributed by atoms with Crippen LogP contribution in [0.3, 0.4) is 0 Å². The molecule has 1 atom stereocenters. The number of ether oxygens (including phenoxy) is 3. The van der Waals surface area contributed by atoms with E-state index in [1.165, 1.54) is 173 Å². The average Bonchev–Trinajstić information content (AvgIpc) is 3.31. The molecule has 0 saturated carbocycles. The molecular formula is C60H108O6. The molecule has 0 bridgehead atoms. The number of esters is 3. The lowest BCUT2D eigenvalue weighted by molar-refractivity contribution is -0.167. The van der Waals surface area contributed by atoms with Gasteiger partial charge in [0, 0.05) is 19.3 Å². The quantitative estimate of drug-likeness (QED) is 0.0262. The normalized spacial score (nSPS) is 12.3. The van der Waals surface area contributed by atoms with Gasteiger partial charge in [-0.1, -0.05) is 249 Å². The van der Waals surface area contributed by atoms with Crippen LogP contribution >= 0.6 is 0 Å². The Kier molecular flexibility index (Phi) is 52.8. The van der Waals surface area contributed by atoms with Gasteiger partial charge in [0.2, 0.25) is 0 Å². The first-order valence-electron chi connectivity index (χ1n) is 28.6. The van der Waals surface area contributed by atoms with Gasteiger partial charge in [-0.3, -0.25) is 14.4 Å². The molecule has 0 fully saturated rings. The van der Waals surface area contributed by atoms with Gasteiger partial charge < -0.3 is 14.2 Å². The third kappa shape index (κ3) is 52.3.